The van der Waals surface area contributed by atoms with E-state index in [0.717, 1.165) is 12.0 Å². The second-order valence-corrected chi connectivity index (χ2v) is 8.83. The summed E-state index contributed by atoms with van der Waals surface area (Å²) in [6.45, 7) is 8.61. The van der Waals surface area contributed by atoms with Crippen LogP contribution in [0.1, 0.15) is 52.0 Å². The summed E-state index contributed by atoms with van der Waals surface area (Å²) >= 11 is 0. The molecule has 0 bridgehead atoms. The van der Waals surface area contributed by atoms with Gasteiger partial charge >= 0.3 is 12.1 Å². The number of pyridine rings is 1. The molecule has 1 aliphatic heterocycles. The fraction of sp³-hybridized carbons (Fsp3) is 0.652. The Morgan fingerprint density at radius 2 is 2.00 bits per heavy atom. The quantitative estimate of drug-likeness (QED) is 0.422. The summed E-state index contributed by atoms with van der Waals surface area (Å²) in [6.07, 6.45) is 3.09. The molecule has 9 nitrogen and oxygen atoms in total. The minimum Gasteiger partial charge on any atom is -0.462 e. The molecule has 1 aromatic rings. The van der Waals surface area contributed by atoms with Crippen LogP contribution in [0.2, 0.25) is 0 Å². The Bertz CT molecular complexity index is 792. The molecule has 32 heavy (non-hydrogen) atoms. The first-order chi connectivity index (χ1) is 15.1. The maximum atomic E-state index is 12.8. The van der Waals surface area contributed by atoms with Gasteiger partial charge in [-0.3, -0.25) is 9.69 Å². The minimum absolute atomic E-state index is 0.127. The molecule has 0 aromatic carbocycles. The molecule has 0 radical (unpaired) electrons. The first kappa shape index (κ1) is 25.6. The van der Waals surface area contributed by atoms with Gasteiger partial charge < -0.3 is 19.1 Å². The van der Waals surface area contributed by atoms with E-state index in [9.17, 15) is 14.4 Å². The highest BCUT2D eigenvalue weighted by Crippen LogP contribution is 2.21. The molecule has 0 unspecified atom stereocenters. The molecule has 0 aliphatic carbocycles. The molecular formula is C23H35N3O6. The number of aromatic nitrogens is 1. The molecule has 178 valence electrons. The lowest BCUT2D eigenvalue weighted by atomic mass is 10.2. The molecule has 2 heterocycles. The van der Waals surface area contributed by atoms with Crippen LogP contribution in [0.5, 0.6) is 0 Å². The average molecular weight is 450 g/mol. The van der Waals surface area contributed by atoms with Crippen molar-refractivity contribution in [2.24, 2.45) is 0 Å². The Labute approximate surface area is 190 Å². The second kappa shape index (κ2) is 11.8. The molecule has 2 amide bonds. The first-order valence-electron chi connectivity index (χ1n) is 11.0. The minimum atomic E-state index is -0.652. The average Bonchev–Trinajstić information content (AvgIpc) is 3.20. The van der Waals surface area contributed by atoms with Crippen LogP contribution in [-0.2, 0) is 23.8 Å². The zero-order valence-electron chi connectivity index (χ0n) is 19.8. The number of aryl methyl sites for hydroxylation is 1. The van der Waals surface area contributed by atoms with Gasteiger partial charge in [-0.1, -0.05) is 0 Å². The number of carbonyl (C=O) groups excluding carboxylic acids is 3. The van der Waals surface area contributed by atoms with E-state index in [2.05, 4.69) is 4.98 Å². The van der Waals surface area contributed by atoms with Crippen LogP contribution in [0.15, 0.2) is 18.3 Å². The van der Waals surface area contributed by atoms with E-state index in [1.54, 1.807) is 37.9 Å². The number of methoxy groups -OCH3 is 1. The molecular weight excluding hydrogens is 414 g/mol. The van der Waals surface area contributed by atoms with Crippen molar-refractivity contribution >= 4 is 23.8 Å². The van der Waals surface area contributed by atoms with Gasteiger partial charge in [-0.15, -0.1) is 0 Å². The van der Waals surface area contributed by atoms with Gasteiger partial charge in [-0.25, -0.2) is 14.6 Å². The normalized spacial score (nSPS) is 16.0. The van der Waals surface area contributed by atoms with Crippen LogP contribution in [0, 0.1) is 6.92 Å². The van der Waals surface area contributed by atoms with Gasteiger partial charge in [0.15, 0.2) is 0 Å². The van der Waals surface area contributed by atoms with Crippen molar-refractivity contribution in [3.8, 4) is 0 Å². The Morgan fingerprint density at radius 1 is 1.25 bits per heavy atom. The van der Waals surface area contributed by atoms with E-state index in [0.29, 0.717) is 31.8 Å². The number of esters is 1. The van der Waals surface area contributed by atoms with Gasteiger partial charge in [-0.2, -0.15) is 0 Å². The van der Waals surface area contributed by atoms with Crippen LogP contribution < -0.4 is 4.90 Å². The zero-order chi connectivity index (χ0) is 23.7. The predicted octanol–water partition coefficient (Wildman–Crippen LogP) is 3.09. The maximum Gasteiger partial charge on any atom is 0.416 e. The molecule has 0 N–H and O–H groups in total. The largest absolute Gasteiger partial charge is 0.462 e. The summed E-state index contributed by atoms with van der Waals surface area (Å²) in [5.74, 6) is -0.0442. The van der Waals surface area contributed by atoms with E-state index in [1.807, 2.05) is 13.0 Å². The summed E-state index contributed by atoms with van der Waals surface area (Å²) in [5, 5.41) is 0. The van der Waals surface area contributed by atoms with Crippen molar-refractivity contribution in [3.63, 3.8) is 0 Å². The molecule has 2 rings (SSSR count). The maximum absolute atomic E-state index is 12.8. The summed E-state index contributed by atoms with van der Waals surface area (Å²) in [5.41, 5.74) is 0.313. The fourth-order valence-electron chi connectivity index (χ4n) is 3.45. The number of rotatable bonds is 9. The summed E-state index contributed by atoms with van der Waals surface area (Å²) < 4.78 is 15.6. The van der Waals surface area contributed by atoms with Gasteiger partial charge in [0, 0.05) is 32.8 Å². The van der Waals surface area contributed by atoms with Crippen LogP contribution in [0.4, 0.5) is 10.6 Å². The van der Waals surface area contributed by atoms with E-state index in [4.69, 9.17) is 14.2 Å². The fourth-order valence-corrected chi connectivity index (χ4v) is 3.45. The van der Waals surface area contributed by atoms with Gasteiger partial charge in [0.25, 0.3) is 0 Å². The van der Waals surface area contributed by atoms with Gasteiger partial charge in [0.2, 0.25) is 5.91 Å². The molecule has 1 fully saturated rings. The monoisotopic (exact) mass is 449 g/mol. The van der Waals surface area contributed by atoms with E-state index in [1.165, 1.54) is 12.0 Å². The van der Waals surface area contributed by atoms with Gasteiger partial charge in [0.05, 0.1) is 6.61 Å². The summed E-state index contributed by atoms with van der Waals surface area (Å²) in [4.78, 5) is 45.2. The third-order valence-electron chi connectivity index (χ3n) is 4.94. The lowest BCUT2D eigenvalue weighted by Gasteiger charge is -2.27. The molecule has 1 aromatic heterocycles. The van der Waals surface area contributed by atoms with E-state index >= 15 is 0 Å². The number of amides is 2. The van der Waals surface area contributed by atoms with E-state index < -0.39 is 23.7 Å². The van der Waals surface area contributed by atoms with Crippen molar-refractivity contribution in [3.05, 3.63) is 23.9 Å². The molecule has 9 heteroatoms. The van der Waals surface area contributed by atoms with E-state index in [-0.39, 0.29) is 25.5 Å². The number of hydrogen-bond donors (Lipinski definition) is 0. The van der Waals surface area contributed by atoms with Gasteiger partial charge in [0.1, 0.15) is 24.1 Å². The number of carbonyl (C=O) groups is 3. The summed E-state index contributed by atoms with van der Waals surface area (Å²) in [7, 11) is 1.53. The Morgan fingerprint density at radius 3 is 2.66 bits per heavy atom. The Balaban J connectivity index is 1.98. The molecule has 0 spiro atoms. The number of anilines is 1. The molecule has 1 saturated heterocycles. The van der Waals surface area contributed by atoms with Crippen molar-refractivity contribution in [1.82, 2.24) is 9.88 Å². The van der Waals surface area contributed by atoms with Crippen molar-refractivity contribution in [2.75, 3.05) is 38.3 Å². The third kappa shape index (κ3) is 7.78. The van der Waals surface area contributed by atoms with Crippen LogP contribution >= 0.6 is 0 Å². The van der Waals surface area contributed by atoms with Crippen LogP contribution in [0.25, 0.3) is 0 Å². The third-order valence-corrected chi connectivity index (χ3v) is 4.94. The first-order valence-corrected chi connectivity index (χ1v) is 11.0. The number of hydrogen-bond acceptors (Lipinski definition) is 7. The Kier molecular flexibility index (Phi) is 9.43. The highest BCUT2D eigenvalue weighted by molar-refractivity contribution is 5.87. The standard InChI is InChI=1S/C23H35N3O6/c1-17-10-11-24-19(16-17)26(22(29)32-23(2,3)4)13-7-9-20(27)25-12-6-8-18(25)21(28)31-15-14-30-5/h10-11,16,18H,6-9,12-15H2,1-5H3/t18-/m0/s1. The second-order valence-electron chi connectivity index (χ2n) is 8.83. The Hall–Kier alpha value is -2.68. The molecule has 1 atom stereocenters. The number of likely N-dealkylation sites (tertiary alicyclic amines) is 1. The highest BCUT2D eigenvalue weighted by atomic mass is 16.6. The van der Waals surface area contributed by atoms with Crippen molar-refractivity contribution in [2.45, 2.75) is 65.0 Å². The predicted molar refractivity (Wildman–Crippen MR) is 119 cm³/mol. The highest BCUT2D eigenvalue weighted by Gasteiger charge is 2.35. The molecule has 0 saturated carbocycles. The molecule has 1 aliphatic rings. The lowest BCUT2D eigenvalue weighted by Crippen LogP contribution is -2.42. The topological polar surface area (TPSA) is 98.3 Å². The number of ether oxygens (including phenoxy) is 3. The van der Waals surface area contributed by atoms with Gasteiger partial charge in [-0.05, 0) is 64.7 Å². The lowest BCUT2D eigenvalue weighted by molar-refractivity contribution is -0.154. The zero-order valence-corrected chi connectivity index (χ0v) is 19.8. The van der Waals surface area contributed by atoms with Crippen LogP contribution in [-0.4, -0.2) is 72.9 Å². The van der Waals surface area contributed by atoms with Crippen molar-refractivity contribution in [1.29, 1.82) is 0 Å². The smallest absolute Gasteiger partial charge is 0.416 e. The van der Waals surface area contributed by atoms with Crippen molar-refractivity contribution < 1.29 is 28.6 Å². The van der Waals surface area contributed by atoms with Crippen LogP contribution in [0.3, 0.4) is 0 Å². The summed E-state index contributed by atoms with van der Waals surface area (Å²) in [6, 6.07) is 3.09. The number of nitrogens with zero attached hydrogens (tertiary/aromatic N) is 3. The SMILES string of the molecule is COCCOC(=O)[C@@H]1CCCN1C(=O)CCCN(C(=O)OC(C)(C)C)c1cc(C)ccn1.